The summed E-state index contributed by atoms with van der Waals surface area (Å²) in [6.45, 7) is 5.15. The average molecular weight is 330 g/mol. The summed E-state index contributed by atoms with van der Waals surface area (Å²) in [7, 11) is 0. The first-order valence-corrected chi connectivity index (χ1v) is 8.48. The minimum absolute atomic E-state index is 0.161. The van der Waals surface area contributed by atoms with Crippen molar-refractivity contribution in [3.63, 3.8) is 0 Å². The molecule has 24 heavy (non-hydrogen) atoms. The third-order valence-electron chi connectivity index (χ3n) is 5.51. The van der Waals surface area contributed by atoms with Crippen molar-refractivity contribution in [2.24, 2.45) is 0 Å². The number of benzene rings is 1. The van der Waals surface area contributed by atoms with E-state index in [2.05, 4.69) is 5.32 Å². The summed E-state index contributed by atoms with van der Waals surface area (Å²) < 4.78 is 11.4. The standard InChI is InChI=1S/C18H22N2O4/c1-11-4-3-5-14(12(11)2)15-16(21)20(17(22)19-15)13-6-7-18(10-13)23-8-9-24-18/h3-5,13,15H,6-10H2,1-2H3,(H,19,22). The van der Waals surface area contributed by atoms with Crippen molar-refractivity contribution >= 4 is 11.9 Å². The first-order chi connectivity index (χ1) is 11.5. The van der Waals surface area contributed by atoms with Gasteiger partial charge in [0.2, 0.25) is 0 Å². The average Bonchev–Trinajstić information content (AvgIpc) is 3.25. The Bertz CT molecular complexity index is 696. The van der Waals surface area contributed by atoms with E-state index in [0.717, 1.165) is 29.5 Å². The number of rotatable bonds is 2. The van der Waals surface area contributed by atoms with E-state index < -0.39 is 11.8 Å². The molecule has 1 aliphatic carbocycles. The van der Waals surface area contributed by atoms with Crippen LogP contribution < -0.4 is 5.32 Å². The highest BCUT2D eigenvalue weighted by atomic mass is 16.7. The van der Waals surface area contributed by atoms with Gasteiger partial charge in [-0.15, -0.1) is 0 Å². The van der Waals surface area contributed by atoms with Crippen molar-refractivity contribution < 1.29 is 19.1 Å². The lowest BCUT2D eigenvalue weighted by Gasteiger charge is -2.24. The van der Waals surface area contributed by atoms with Gasteiger partial charge in [-0.05, 0) is 37.0 Å². The Hall–Kier alpha value is -1.92. The number of ether oxygens (including phenoxy) is 2. The lowest BCUT2D eigenvalue weighted by atomic mass is 9.97. The number of aryl methyl sites for hydroxylation is 1. The Morgan fingerprint density at radius 1 is 1.21 bits per heavy atom. The molecule has 3 aliphatic rings. The summed E-state index contributed by atoms with van der Waals surface area (Å²) in [5, 5.41) is 2.85. The third kappa shape index (κ3) is 2.32. The Balaban J connectivity index is 1.57. The predicted molar refractivity (Wildman–Crippen MR) is 86.3 cm³/mol. The smallest absolute Gasteiger partial charge is 0.325 e. The fraction of sp³-hybridized carbons (Fsp3) is 0.556. The summed E-state index contributed by atoms with van der Waals surface area (Å²) in [5.41, 5.74) is 3.03. The molecule has 2 atom stereocenters. The van der Waals surface area contributed by atoms with Gasteiger partial charge in [-0.25, -0.2) is 4.79 Å². The number of imide groups is 1. The van der Waals surface area contributed by atoms with Gasteiger partial charge in [-0.1, -0.05) is 18.2 Å². The van der Waals surface area contributed by atoms with Gasteiger partial charge in [-0.3, -0.25) is 9.69 Å². The lowest BCUT2D eigenvalue weighted by molar-refractivity contribution is -0.153. The van der Waals surface area contributed by atoms with Gasteiger partial charge in [0.1, 0.15) is 6.04 Å². The summed E-state index contributed by atoms with van der Waals surface area (Å²) in [6.07, 6.45) is 2.01. The second-order valence-corrected chi connectivity index (χ2v) is 6.88. The fourth-order valence-corrected chi connectivity index (χ4v) is 4.07. The zero-order valence-corrected chi connectivity index (χ0v) is 14.0. The number of nitrogens with zero attached hydrogens (tertiary/aromatic N) is 1. The van der Waals surface area contributed by atoms with Crippen LogP contribution in [0.25, 0.3) is 0 Å². The van der Waals surface area contributed by atoms with Crippen LogP contribution >= 0.6 is 0 Å². The molecule has 1 aromatic rings. The van der Waals surface area contributed by atoms with Gasteiger partial charge in [-0.2, -0.15) is 0 Å². The van der Waals surface area contributed by atoms with Crippen LogP contribution in [-0.2, 0) is 14.3 Å². The number of nitrogens with one attached hydrogen (secondary N) is 1. The highest BCUT2D eigenvalue weighted by Gasteiger charge is 2.51. The highest BCUT2D eigenvalue weighted by molar-refractivity contribution is 6.05. The number of carbonyl (C=O) groups is 2. The summed E-state index contributed by atoms with van der Waals surface area (Å²) >= 11 is 0. The van der Waals surface area contributed by atoms with Gasteiger partial charge in [0.25, 0.3) is 5.91 Å². The Morgan fingerprint density at radius 2 is 1.96 bits per heavy atom. The van der Waals surface area contributed by atoms with Crippen LogP contribution in [0.3, 0.4) is 0 Å². The number of urea groups is 1. The van der Waals surface area contributed by atoms with Crippen molar-refractivity contribution in [3.05, 3.63) is 34.9 Å². The van der Waals surface area contributed by atoms with Gasteiger partial charge < -0.3 is 14.8 Å². The topological polar surface area (TPSA) is 67.9 Å². The molecule has 6 nitrogen and oxygen atoms in total. The Morgan fingerprint density at radius 3 is 2.71 bits per heavy atom. The van der Waals surface area contributed by atoms with Crippen LogP contribution in [0.4, 0.5) is 4.79 Å². The zero-order valence-electron chi connectivity index (χ0n) is 14.0. The lowest BCUT2D eigenvalue weighted by Crippen LogP contribution is -2.41. The largest absolute Gasteiger partial charge is 0.347 e. The van der Waals surface area contributed by atoms with Crippen LogP contribution in [-0.4, -0.2) is 41.9 Å². The van der Waals surface area contributed by atoms with Gasteiger partial charge in [0.05, 0.1) is 13.2 Å². The minimum atomic E-state index is -0.598. The molecular weight excluding hydrogens is 308 g/mol. The monoisotopic (exact) mass is 330 g/mol. The minimum Gasteiger partial charge on any atom is -0.347 e. The molecular formula is C18H22N2O4. The van der Waals surface area contributed by atoms with Gasteiger partial charge in [0, 0.05) is 18.9 Å². The molecule has 0 radical (unpaired) electrons. The van der Waals surface area contributed by atoms with Crippen LogP contribution in [0.5, 0.6) is 0 Å². The van der Waals surface area contributed by atoms with Crippen molar-refractivity contribution in [1.82, 2.24) is 10.2 Å². The summed E-state index contributed by atoms with van der Waals surface area (Å²) in [6, 6.07) is 4.77. The first kappa shape index (κ1) is 15.6. The van der Waals surface area contributed by atoms with E-state index >= 15 is 0 Å². The molecule has 3 amide bonds. The molecule has 2 saturated heterocycles. The maximum atomic E-state index is 12.9. The molecule has 6 heteroatoms. The number of hydrogen-bond donors (Lipinski definition) is 1. The van der Waals surface area contributed by atoms with Crippen molar-refractivity contribution in [2.45, 2.75) is 51.0 Å². The summed E-state index contributed by atoms with van der Waals surface area (Å²) in [4.78, 5) is 26.8. The molecule has 2 aliphatic heterocycles. The molecule has 2 heterocycles. The molecule has 3 fully saturated rings. The second-order valence-electron chi connectivity index (χ2n) is 6.88. The van der Waals surface area contributed by atoms with Crippen LogP contribution in [0.2, 0.25) is 0 Å². The number of carbonyl (C=O) groups excluding carboxylic acids is 2. The molecule has 1 N–H and O–H groups in total. The van der Waals surface area contributed by atoms with Crippen LogP contribution in [0.1, 0.15) is 42.0 Å². The molecule has 0 aromatic heterocycles. The molecule has 128 valence electrons. The molecule has 2 unspecified atom stereocenters. The maximum Gasteiger partial charge on any atom is 0.325 e. The van der Waals surface area contributed by atoms with E-state index in [9.17, 15) is 9.59 Å². The van der Waals surface area contributed by atoms with Crippen molar-refractivity contribution in [1.29, 1.82) is 0 Å². The zero-order chi connectivity index (χ0) is 16.9. The first-order valence-electron chi connectivity index (χ1n) is 8.48. The molecule has 4 rings (SSSR count). The normalized spacial score (nSPS) is 28.8. The van der Waals surface area contributed by atoms with Crippen molar-refractivity contribution in [2.75, 3.05) is 13.2 Å². The molecule has 1 spiro atoms. The van der Waals surface area contributed by atoms with E-state index in [1.807, 2.05) is 32.0 Å². The third-order valence-corrected chi connectivity index (χ3v) is 5.51. The van der Waals surface area contributed by atoms with Crippen molar-refractivity contribution in [3.8, 4) is 0 Å². The molecule has 0 bridgehead atoms. The van der Waals surface area contributed by atoms with E-state index in [-0.39, 0.29) is 18.0 Å². The van der Waals surface area contributed by atoms with E-state index in [4.69, 9.17) is 9.47 Å². The van der Waals surface area contributed by atoms with E-state index in [1.54, 1.807) is 0 Å². The molecule has 1 aromatic carbocycles. The maximum absolute atomic E-state index is 12.9. The van der Waals surface area contributed by atoms with E-state index in [1.165, 1.54) is 4.90 Å². The Labute approximate surface area is 141 Å². The van der Waals surface area contributed by atoms with Gasteiger partial charge >= 0.3 is 6.03 Å². The van der Waals surface area contributed by atoms with Crippen LogP contribution in [0, 0.1) is 13.8 Å². The highest BCUT2D eigenvalue weighted by Crippen LogP contribution is 2.41. The number of amides is 3. The summed E-state index contributed by atoms with van der Waals surface area (Å²) in [5.74, 6) is -0.767. The fourth-order valence-electron chi connectivity index (χ4n) is 4.07. The van der Waals surface area contributed by atoms with Gasteiger partial charge in [0.15, 0.2) is 5.79 Å². The SMILES string of the molecule is Cc1cccc(C2NC(=O)N(C3CCC4(C3)OCCO4)C2=O)c1C. The number of hydrogen-bond acceptors (Lipinski definition) is 4. The van der Waals surface area contributed by atoms with E-state index in [0.29, 0.717) is 19.6 Å². The quantitative estimate of drug-likeness (QED) is 0.844. The van der Waals surface area contributed by atoms with Crippen LogP contribution in [0.15, 0.2) is 18.2 Å². The second kappa shape index (κ2) is 5.57. The molecule has 1 saturated carbocycles. The Kier molecular flexibility index (Phi) is 3.62. The predicted octanol–water partition coefficient (Wildman–Crippen LogP) is 2.19.